The van der Waals surface area contributed by atoms with Crippen LogP contribution in [0.15, 0.2) is 48.5 Å². The van der Waals surface area contributed by atoms with E-state index in [4.69, 9.17) is 9.47 Å². The largest absolute Gasteiger partial charge is 0.493 e. The van der Waals surface area contributed by atoms with Gasteiger partial charge in [0.05, 0.1) is 13.7 Å². The summed E-state index contributed by atoms with van der Waals surface area (Å²) in [6.45, 7) is 2.53. The summed E-state index contributed by atoms with van der Waals surface area (Å²) in [5, 5.41) is 9.99. The molecule has 0 unspecified atom stereocenters. The number of hydrogen-bond donors (Lipinski definition) is 2. The molecule has 6 heteroatoms. The number of anilines is 1. The van der Waals surface area contributed by atoms with E-state index in [1.54, 1.807) is 7.11 Å². The second-order valence-corrected chi connectivity index (χ2v) is 6.91. The molecule has 1 amide bonds. The predicted molar refractivity (Wildman–Crippen MR) is 107 cm³/mol. The van der Waals surface area contributed by atoms with Gasteiger partial charge in [-0.1, -0.05) is 36.4 Å². The van der Waals surface area contributed by atoms with Gasteiger partial charge in [-0.2, -0.15) is 5.10 Å². The molecule has 1 aliphatic rings. The second-order valence-electron chi connectivity index (χ2n) is 6.91. The average Bonchev–Trinajstić information content (AvgIpc) is 3.09. The minimum atomic E-state index is -0.0604. The number of hydrogen-bond acceptors (Lipinski definition) is 4. The summed E-state index contributed by atoms with van der Waals surface area (Å²) in [5.74, 6) is 1.88. The van der Waals surface area contributed by atoms with E-state index in [1.807, 2.05) is 43.3 Å². The highest BCUT2D eigenvalue weighted by Gasteiger charge is 2.30. The van der Waals surface area contributed by atoms with Crippen molar-refractivity contribution in [2.45, 2.75) is 25.7 Å². The number of nitrogens with one attached hydrogen (secondary N) is 2. The van der Waals surface area contributed by atoms with Crippen LogP contribution in [0.5, 0.6) is 11.5 Å². The highest BCUT2D eigenvalue weighted by Crippen LogP contribution is 2.40. The summed E-state index contributed by atoms with van der Waals surface area (Å²) in [7, 11) is 1.63. The number of rotatable bonds is 6. The van der Waals surface area contributed by atoms with Gasteiger partial charge in [-0.3, -0.25) is 9.89 Å². The lowest BCUT2D eigenvalue weighted by atomic mass is 9.85. The number of carbonyl (C=O) groups is 1. The van der Waals surface area contributed by atoms with Crippen LogP contribution in [0.1, 0.15) is 34.7 Å². The van der Waals surface area contributed by atoms with Crippen molar-refractivity contribution in [2.24, 2.45) is 0 Å². The minimum Gasteiger partial charge on any atom is -0.493 e. The van der Waals surface area contributed by atoms with E-state index in [1.165, 1.54) is 5.56 Å². The lowest BCUT2D eigenvalue weighted by molar-refractivity contribution is -0.116. The Morgan fingerprint density at radius 2 is 1.96 bits per heavy atom. The molecule has 1 atom stereocenters. The molecule has 0 aliphatic carbocycles. The fourth-order valence-electron chi connectivity index (χ4n) is 3.66. The van der Waals surface area contributed by atoms with E-state index in [0.29, 0.717) is 30.3 Å². The number of amides is 1. The van der Waals surface area contributed by atoms with Crippen molar-refractivity contribution in [3.63, 3.8) is 0 Å². The van der Waals surface area contributed by atoms with Crippen molar-refractivity contribution >= 4 is 11.7 Å². The Labute approximate surface area is 163 Å². The van der Waals surface area contributed by atoms with E-state index in [2.05, 4.69) is 27.6 Å². The molecule has 2 N–H and O–H groups in total. The van der Waals surface area contributed by atoms with Crippen LogP contribution in [0.2, 0.25) is 0 Å². The van der Waals surface area contributed by atoms with Crippen molar-refractivity contribution < 1.29 is 14.3 Å². The Balaban J connectivity index is 1.54. The average molecular weight is 377 g/mol. The van der Waals surface area contributed by atoms with Gasteiger partial charge in [0.25, 0.3) is 0 Å². The highest BCUT2D eigenvalue weighted by atomic mass is 16.5. The SMILES string of the molecule is COc1cc([C@@H]2CC(=O)Nc3n[nH]c(C)c32)ccc1OCCc1ccccc1. The molecule has 2 heterocycles. The molecule has 1 aliphatic heterocycles. The number of carbonyl (C=O) groups excluding carboxylic acids is 1. The number of nitrogens with zero attached hydrogens (tertiary/aromatic N) is 1. The van der Waals surface area contributed by atoms with Crippen LogP contribution in [0.3, 0.4) is 0 Å². The third-order valence-corrected chi connectivity index (χ3v) is 5.07. The van der Waals surface area contributed by atoms with E-state index < -0.39 is 0 Å². The van der Waals surface area contributed by atoms with E-state index in [9.17, 15) is 4.79 Å². The van der Waals surface area contributed by atoms with E-state index >= 15 is 0 Å². The molecule has 6 nitrogen and oxygen atoms in total. The first kappa shape index (κ1) is 18.1. The van der Waals surface area contributed by atoms with Crippen molar-refractivity contribution in [2.75, 3.05) is 19.0 Å². The van der Waals surface area contributed by atoms with Gasteiger partial charge in [0.2, 0.25) is 5.91 Å². The third-order valence-electron chi connectivity index (χ3n) is 5.07. The van der Waals surface area contributed by atoms with Crippen LogP contribution in [0.4, 0.5) is 5.82 Å². The van der Waals surface area contributed by atoms with Crippen LogP contribution in [0, 0.1) is 6.92 Å². The van der Waals surface area contributed by atoms with Crippen LogP contribution in [0.25, 0.3) is 0 Å². The number of aryl methyl sites for hydroxylation is 1. The van der Waals surface area contributed by atoms with Gasteiger partial charge in [-0.15, -0.1) is 0 Å². The Morgan fingerprint density at radius 1 is 1.14 bits per heavy atom. The molecule has 0 fully saturated rings. The smallest absolute Gasteiger partial charge is 0.226 e. The van der Waals surface area contributed by atoms with Gasteiger partial charge >= 0.3 is 0 Å². The third kappa shape index (κ3) is 3.58. The van der Waals surface area contributed by atoms with Gasteiger partial charge in [0, 0.05) is 30.0 Å². The van der Waals surface area contributed by atoms with Gasteiger partial charge in [0.1, 0.15) is 0 Å². The molecule has 3 aromatic rings. The number of H-pyrrole nitrogens is 1. The Morgan fingerprint density at radius 3 is 2.75 bits per heavy atom. The number of benzene rings is 2. The van der Waals surface area contributed by atoms with Crippen LogP contribution < -0.4 is 14.8 Å². The summed E-state index contributed by atoms with van der Waals surface area (Å²) in [5.41, 5.74) is 4.23. The molecule has 0 saturated carbocycles. The maximum absolute atomic E-state index is 12.1. The summed E-state index contributed by atoms with van der Waals surface area (Å²) in [4.78, 5) is 12.1. The standard InChI is InChI=1S/C22H23N3O3/c1-14-21-17(13-20(26)23-22(21)25-24-14)16-8-9-18(19(12-16)27-2)28-11-10-15-6-4-3-5-7-15/h3-9,12,17H,10-11,13H2,1-2H3,(H2,23,24,25,26)/t17-/m0/s1. The van der Waals surface area contributed by atoms with Gasteiger partial charge in [0.15, 0.2) is 17.3 Å². The number of aromatic amines is 1. The molecule has 4 rings (SSSR count). The number of ether oxygens (including phenoxy) is 2. The lowest BCUT2D eigenvalue weighted by Crippen LogP contribution is -2.23. The minimum absolute atomic E-state index is 0.0360. The molecule has 28 heavy (non-hydrogen) atoms. The summed E-state index contributed by atoms with van der Waals surface area (Å²) in [6.07, 6.45) is 1.21. The van der Waals surface area contributed by atoms with Crippen molar-refractivity contribution in [3.05, 3.63) is 70.9 Å². The summed E-state index contributed by atoms with van der Waals surface area (Å²) >= 11 is 0. The van der Waals surface area contributed by atoms with Crippen molar-refractivity contribution in [1.82, 2.24) is 10.2 Å². The molecular weight excluding hydrogens is 354 g/mol. The van der Waals surface area contributed by atoms with E-state index in [0.717, 1.165) is 23.2 Å². The zero-order valence-corrected chi connectivity index (χ0v) is 16.0. The first-order valence-electron chi connectivity index (χ1n) is 9.35. The number of aromatic nitrogens is 2. The molecule has 1 aromatic heterocycles. The Hall–Kier alpha value is -3.28. The number of fused-ring (bicyclic) bond motifs is 1. The van der Waals surface area contributed by atoms with Gasteiger partial charge in [-0.25, -0.2) is 0 Å². The van der Waals surface area contributed by atoms with Crippen LogP contribution in [-0.4, -0.2) is 29.8 Å². The summed E-state index contributed by atoms with van der Waals surface area (Å²) in [6, 6.07) is 16.1. The maximum Gasteiger partial charge on any atom is 0.226 e. The molecule has 0 spiro atoms. The quantitative estimate of drug-likeness (QED) is 0.685. The summed E-state index contributed by atoms with van der Waals surface area (Å²) < 4.78 is 11.5. The Bertz CT molecular complexity index is 982. The molecule has 144 valence electrons. The first-order valence-corrected chi connectivity index (χ1v) is 9.35. The lowest BCUT2D eigenvalue weighted by Gasteiger charge is -2.23. The molecule has 0 radical (unpaired) electrons. The number of methoxy groups -OCH3 is 1. The topological polar surface area (TPSA) is 76.2 Å². The molecular formula is C22H23N3O3. The van der Waals surface area contributed by atoms with Crippen molar-refractivity contribution in [1.29, 1.82) is 0 Å². The van der Waals surface area contributed by atoms with Crippen molar-refractivity contribution in [3.8, 4) is 11.5 Å². The fourth-order valence-corrected chi connectivity index (χ4v) is 3.66. The van der Waals surface area contributed by atoms with E-state index in [-0.39, 0.29) is 11.8 Å². The first-order chi connectivity index (χ1) is 13.7. The predicted octanol–water partition coefficient (Wildman–Crippen LogP) is 3.82. The highest BCUT2D eigenvalue weighted by molar-refractivity contribution is 5.94. The normalized spacial score (nSPS) is 15.6. The van der Waals surface area contributed by atoms with Gasteiger partial charge < -0.3 is 14.8 Å². The zero-order chi connectivity index (χ0) is 19.5. The monoisotopic (exact) mass is 377 g/mol. The Kier molecular flexibility index (Phi) is 5.02. The maximum atomic E-state index is 12.1. The molecule has 0 bridgehead atoms. The molecule has 2 aromatic carbocycles. The van der Waals surface area contributed by atoms with Crippen LogP contribution >= 0.6 is 0 Å². The fraction of sp³-hybridized carbons (Fsp3) is 0.273. The second kappa shape index (κ2) is 7.76. The van der Waals surface area contributed by atoms with Crippen LogP contribution in [-0.2, 0) is 11.2 Å². The zero-order valence-electron chi connectivity index (χ0n) is 16.0. The molecule has 0 saturated heterocycles. The van der Waals surface area contributed by atoms with Gasteiger partial charge in [-0.05, 0) is 30.2 Å².